The average molecular weight is 252 g/mol. The van der Waals surface area contributed by atoms with Gasteiger partial charge in [-0.05, 0) is 12.5 Å². The summed E-state index contributed by atoms with van der Waals surface area (Å²) in [6.07, 6.45) is 0. The Hall–Kier alpha value is -1.00. The van der Waals surface area contributed by atoms with Gasteiger partial charge in [0.05, 0.1) is 5.75 Å². The van der Waals surface area contributed by atoms with Crippen molar-refractivity contribution in [1.82, 2.24) is 5.32 Å². The Bertz CT molecular complexity index is 351. The Morgan fingerprint density at radius 2 is 2.06 bits per heavy atom. The van der Waals surface area contributed by atoms with Crippen LogP contribution in [0.1, 0.15) is 18.1 Å². The van der Waals surface area contributed by atoms with E-state index in [2.05, 4.69) is 5.32 Å². The van der Waals surface area contributed by atoms with Gasteiger partial charge in [-0.1, -0.05) is 36.8 Å². The van der Waals surface area contributed by atoms with Crippen molar-refractivity contribution in [3.63, 3.8) is 0 Å². The molecular formula is C13H20N2OS. The molecule has 0 fully saturated rings. The van der Waals surface area contributed by atoms with Crippen LogP contribution < -0.4 is 11.1 Å². The highest BCUT2D eigenvalue weighted by Gasteiger charge is 2.05. The average Bonchev–Trinajstić information content (AvgIpc) is 2.35. The molecular weight excluding hydrogens is 232 g/mol. The number of carbonyl (C=O) groups is 1. The fraction of sp³-hybridized carbons (Fsp3) is 0.462. The van der Waals surface area contributed by atoms with Crippen LogP contribution >= 0.6 is 11.8 Å². The lowest BCUT2D eigenvalue weighted by molar-refractivity contribution is -0.118. The molecule has 0 heterocycles. The third kappa shape index (κ3) is 5.75. The summed E-state index contributed by atoms with van der Waals surface area (Å²) in [7, 11) is 0. The summed E-state index contributed by atoms with van der Waals surface area (Å²) in [5.74, 6) is 0.542. The van der Waals surface area contributed by atoms with E-state index in [1.807, 2.05) is 38.1 Å². The second kappa shape index (κ2) is 7.35. The summed E-state index contributed by atoms with van der Waals surface area (Å²) >= 11 is 1.59. The molecule has 0 aliphatic heterocycles. The zero-order valence-electron chi connectivity index (χ0n) is 10.4. The maximum Gasteiger partial charge on any atom is 0.230 e. The lowest BCUT2D eigenvalue weighted by Gasteiger charge is -2.08. The van der Waals surface area contributed by atoms with Gasteiger partial charge in [0.15, 0.2) is 0 Å². The number of benzene rings is 1. The monoisotopic (exact) mass is 252 g/mol. The third-order valence-corrected chi connectivity index (χ3v) is 3.63. The lowest BCUT2D eigenvalue weighted by atomic mass is 10.1. The van der Waals surface area contributed by atoms with Crippen molar-refractivity contribution >= 4 is 17.7 Å². The SMILES string of the molecule is Cc1ccc(CNC(=O)CSC(C)CN)cc1. The van der Waals surface area contributed by atoms with Gasteiger partial charge in [-0.15, -0.1) is 11.8 Å². The fourth-order valence-electron chi connectivity index (χ4n) is 1.24. The quantitative estimate of drug-likeness (QED) is 0.810. The maximum absolute atomic E-state index is 11.5. The van der Waals surface area contributed by atoms with Crippen molar-refractivity contribution in [2.24, 2.45) is 5.73 Å². The number of rotatable bonds is 6. The van der Waals surface area contributed by atoms with E-state index in [0.29, 0.717) is 24.1 Å². The van der Waals surface area contributed by atoms with E-state index >= 15 is 0 Å². The van der Waals surface area contributed by atoms with Crippen molar-refractivity contribution < 1.29 is 4.79 Å². The minimum Gasteiger partial charge on any atom is -0.351 e. The number of hydrogen-bond donors (Lipinski definition) is 2. The standard InChI is InChI=1S/C13H20N2OS/c1-10-3-5-12(6-4-10)8-15-13(16)9-17-11(2)7-14/h3-6,11H,7-9,14H2,1-2H3,(H,15,16). The second-order valence-electron chi connectivity index (χ2n) is 4.12. The molecule has 0 radical (unpaired) electrons. The Kier molecular flexibility index (Phi) is 6.08. The molecule has 3 nitrogen and oxygen atoms in total. The molecule has 1 aromatic carbocycles. The van der Waals surface area contributed by atoms with Crippen LogP contribution in [-0.2, 0) is 11.3 Å². The summed E-state index contributed by atoms with van der Waals surface area (Å²) in [5, 5.41) is 3.23. The molecule has 94 valence electrons. The molecule has 0 aliphatic rings. The molecule has 0 aliphatic carbocycles. The lowest BCUT2D eigenvalue weighted by Crippen LogP contribution is -2.26. The molecule has 3 N–H and O–H groups in total. The Labute approximate surface area is 107 Å². The maximum atomic E-state index is 11.5. The predicted octanol–water partition coefficient (Wildman–Crippen LogP) is 1.69. The first kappa shape index (κ1) is 14.1. The molecule has 0 bridgehead atoms. The van der Waals surface area contributed by atoms with Gasteiger partial charge in [-0.25, -0.2) is 0 Å². The van der Waals surface area contributed by atoms with Crippen LogP contribution in [0, 0.1) is 6.92 Å². The van der Waals surface area contributed by atoms with Gasteiger partial charge in [0, 0.05) is 18.3 Å². The van der Waals surface area contributed by atoms with E-state index in [9.17, 15) is 4.79 Å². The molecule has 4 heteroatoms. The first-order valence-corrected chi connectivity index (χ1v) is 6.80. The number of aryl methyl sites for hydroxylation is 1. The summed E-state index contributed by atoms with van der Waals surface area (Å²) in [4.78, 5) is 11.5. The Morgan fingerprint density at radius 3 is 2.65 bits per heavy atom. The van der Waals surface area contributed by atoms with Gasteiger partial charge in [0.1, 0.15) is 0 Å². The van der Waals surface area contributed by atoms with Crippen LogP contribution in [0.25, 0.3) is 0 Å². The van der Waals surface area contributed by atoms with E-state index in [1.54, 1.807) is 11.8 Å². The molecule has 1 amide bonds. The summed E-state index contributed by atoms with van der Waals surface area (Å²) in [6.45, 7) is 5.28. The van der Waals surface area contributed by atoms with Crippen molar-refractivity contribution in [2.75, 3.05) is 12.3 Å². The Balaban J connectivity index is 2.26. The molecule has 1 rings (SSSR count). The van der Waals surface area contributed by atoms with E-state index in [4.69, 9.17) is 5.73 Å². The number of amides is 1. The third-order valence-electron chi connectivity index (χ3n) is 2.44. The molecule has 0 saturated heterocycles. The van der Waals surface area contributed by atoms with E-state index in [-0.39, 0.29) is 5.91 Å². The van der Waals surface area contributed by atoms with Gasteiger partial charge in [0.25, 0.3) is 0 Å². The smallest absolute Gasteiger partial charge is 0.230 e. The van der Waals surface area contributed by atoms with E-state index in [1.165, 1.54) is 5.56 Å². The minimum atomic E-state index is 0.0656. The Morgan fingerprint density at radius 1 is 1.41 bits per heavy atom. The fourth-order valence-corrected chi connectivity index (χ4v) is 1.92. The molecule has 0 saturated carbocycles. The second-order valence-corrected chi connectivity index (χ2v) is 5.55. The van der Waals surface area contributed by atoms with Crippen molar-refractivity contribution in [1.29, 1.82) is 0 Å². The number of hydrogen-bond acceptors (Lipinski definition) is 3. The topological polar surface area (TPSA) is 55.1 Å². The van der Waals surface area contributed by atoms with Gasteiger partial charge >= 0.3 is 0 Å². The zero-order valence-corrected chi connectivity index (χ0v) is 11.2. The molecule has 17 heavy (non-hydrogen) atoms. The van der Waals surface area contributed by atoms with Crippen molar-refractivity contribution in [3.8, 4) is 0 Å². The van der Waals surface area contributed by atoms with Crippen molar-refractivity contribution in [3.05, 3.63) is 35.4 Å². The van der Waals surface area contributed by atoms with Crippen LogP contribution in [0.5, 0.6) is 0 Å². The molecule has 0 spiro atoms. The predicted molar refractivity (Wildman–Crippen MR) is 74.0 cm³/mol. The van der Waals surface area contributed by atoms with E-state index < -0.39 is 0 Å². The van der Waals surface area contributed by atoms with Gasteiger partial charge < -0.3 is 11.1 Å². The van der Waals surface area contributed by atoms with Gasteiger partial charge in [-0.3, -0.25) is 4.79 Å². The zero-order chi connectivity index (χ0) is 12.7. The number of nitrogens with two attached hydrogens (primary N) is 1. The highest BCUT2D eigenvalue weighted by molar-refractivity contribution is 8.00. The van der Waals surface area contributed by atoms with E-state index in [0.717, 1.165) is 5.56 Å². The van der Waals surface area contributed by atoms with Gasteiger partial charge in [0.2, 0.25) is 5.91 Å². The summed E-state index contributed by atoms with van der Waals surface area (Å²) in [6, 6.07) is 8.16. The number of thioether (sulfide) groups is 1. The van der Waals surface area contributed by atoms with Crippen LogP contribution in [-0.4, -0.2) is 23.5 Å². The highest BCUT2D eigenvalue weighted by Crippen LogP contribution is 2.08. The van der Waals surface area contributed by atoms with Crippen LogP contribution in [0.4, 0.5) is 0 Å². The molecule has 1 unspecified atom stereocenters. The first-order chi connectivity index (χ1) is 8.11. The summed E-state index contributed by atoms with van der Waals surface area (Å²) < 4.78 is 0. The highest BCUT2D eigenvalue weighted by atomic mass is 32.2. The van der Waals surface area contributed by atoms with Crippen LogP contribution in [0.3, 0.4) is 0 Å². The molecule has 0 aromatic heterocycles. The summed E-state index contributed by atoms with van der Waals surface area (Å²) in [5.41, 5.74) is 7.84. The largest absolute Gasteiger partial charge is 0.351 e. The normalized spacial score (nSPS) is 12.2. The van der Waals surface area contributed by atoms with Crippen molar-refractivity contribution in [2.45, 2.75) is 25.6 Å². The minimum absolute atomic E-state index is 0.0656. The molecule has 1 aromatic rings. The van der Waals surface area contributed by atoms with Crippen LogP contribution in [0.15, 0.2) is 24.3 Å². The number of carbonyl (C=O) groups excluding carboxylic acids is 1. The van der Waals surface area contributed by atoms with Crippen LogP contribution in [0.2, 0.25) is 0 Å². The number of nitrogens with one attached hydrogen (secondary N) is 1. The van der Waals surface area contributed by atoms with Gasteiger partial charge in [-0.2, -0.15) is 0 Å². The first-order valence-electron chi connectivity index (χ1n) is 5.75. The molecule has 1 atom stereocenters.